The van der Waals surface area contributed by atoms with Crippen molar-refractivity contribution >= 4 is 17.1 Å². The Kier molecular flexibility index (Phi) is 4.11. The quantitative estimate of drug-likeness (QED) is 0.931. The Morgan fingerprint density at radius 3 is 2.10 bits per heavy atom. The number of benzene rings is 2. The first-order chi connectivity index (χ1) is 10.1. The van der Waals surface area contributed by atoms with Crippen LogP contribution in [0, 0.1) is 29.6 Å². The molecule has 0 fully saturated rings. The minimum Gasteiger partial charge on any atom is -0.377 e. The van der Waals surface area contributed by atoms with E-state index in [1.807, 2.05) is 44.1 Å². The topological polar surface area (TPSA) is 62.9 Å². The molecular weight excluding hydrogens is 260 g/mol. The van der Waals surface area contributed by atoms with Crippen LogP contribution in [0.4, 0.5) is 17.1 Å². The standard InChI is InChI=1S/C17H16N4/c1-12-9-15(7-8-16(12)21(2)3)20-17-13(10-18)5-4-6-14(17)11-19/h4-9,20H,1-3H3. The second-order valence-electron chi connectivity index (χ2n) is 4.97. The van der Waals surface area contributed by atoms with Crippen molar-refractivity contribution in [1.82, 2.24) is 0 Å². The largest absolute Gasteiger partial charge is 0.377 e. The van der Waals surface area contributed by atoms with E-state index < -0.39 is 0 Å². The zero-order valence-electron chi connectivity index (χ0n) is 12.3. The van der Waals surface area contributed by atoms with Crippen molar-refractivity contribution < 1.29 is 0 Å². The van der Waals surface area contributed by atoms with Crippen LogP contribution in [0.15, 0.2) is 36.4 Å². The van der Waals surface area contributed by atoms with Crippen LogP contribution >= 0.6 is 0 Å². The fourth-order valence-corrected chi connectivity index (χ4v) is 2.25. The van der Waals surface area contributed by atoms with Crippen LogP contribution in [0.25, 0.3) is 0 Å². The lowest BCUT2D eigenvalue weighted by Gasteiger charge is -2.17. The fourth-order valence-electron chi connectivity index (χ4n) is 2.25. The van der Waals surface area contributed by atoms with Gasteiger partial charge in [-0.3, -0.25) is 0 Å². The van der Waals surface area contributed by atoms with Gasteiger partial charge in [-0.15, -0.1) is 0 Å². The summed E-state index contributed by atoms with van der Waals surface area (Å²) in [6.07, 6.45) is 0. The van der Waals surface area contributed by atoms with Crippen molar-refractivity contribution in [3.63, 3.8) is 0 Å². The van der Waals surface area contributed by atoms with Crippen LogP contribution in [0.3, 0.4) is 0 Å². The third-order valence-electron chi connectivity index (χ3n) is 3.25. The average molecular weight is 276 g/mol. The molecule has 0 aliphatic rings. The van der Waals surface area contributed by atoms with Gasteiger partial charge in [0.2, 0.25) is 0 Å². The van der Waals surface area contributed by atoms with Crippen molar-refractivity contribution in [2.24, 2.45) is 0 Å². The van der Waals surface area contributed by atoms with E-state index in [0.717, 1.165) is 16.9 Å². The molecule has 0 radical (unpaired) electrons. The van der Waals surface area contributed by atoms with E-state index in [1.54, 1.807) is 18.2 Å². The molecule has 2 aromatic rings. The molecule has 21 heavy (non-hydrogen) atoms. The van der Waals surface area contributed by atoms with Gasteiger partial charge in [0.1, 0.15) is 12.1 Å². The van der Waals surface area contributed by atoms with E-state index in [1.165, 1.54) is 0 Å². The van der Waals surface area contributed by atoms with Crippen molar-refractivity contribution in [2.75, 3.05) is 24.3 Å². The van der Waals surface area contributed by atoms with Crippen LogP contribution in [0.2, 0.25) is 0 Å². The Labute approximate surface area is 124 Å². The Balaban J connectivity index is 2.42. The van der Waals surface area contributed by atoms with E-state index in [9.17, 15) is 10.5 Å². The molecule has 0 unspecified atom stereocenters. The highest BCUT2D eigenvalue weighted by Gasteiger charge is 2.09. The molecule has 104 valence electrons. The van der Waals surface area contributed by atoms with E-state index in [-0.39, 0.29) is 0 Å². The number of hydrogen-bond acceptors (Lipinski definition) is 4. The number of hydrogen-bond donors (Lipinski definition) is 1. The summed E-state index contributed by atoms with van der Waals surface area (Å²) in [6, 6.07) is 15.3. The van der Waals surface area contributed by atoms with Gasteiger partial charge in [0.25, 0.3) is 0 Å². The van der Waals surface area contributed by atoms with Gasteiger partial charge in [-0.25, -0.2) is 0 Å². The number of nitrogens with zero attached hydrogens (tertiary/aromatic N) is 3. The normalized spacial score (nSPS) is 9.57. The summed E-state index contributed by atoms with van der Waals surface area (Å²) >= 11 is 0. The highest BCUT2D eigenvalue weighted by Crippen LogP contribution is 2.27. The number of aryl methyl sites for hydroxylation is 1. The summed E-state index contributed by atoms with van der Waals surface area (Å²) < 4.78 is 0. The molecule has 0 aliphatic carbocycles. The van der Waals surface area contributed by atoms with Gasteiger partial charge in [0.05, 0.1) is 16.8 Å². The molecular formula is C17H16N4. The van der Waals surface area contributed by atoms with Crippen LogP contribution in [0.1, 0.15) is 16.7 Å². The maximum Gasteiger partial charge on any atom is 0.101 e. The minimum atomic E-state index is 0.461. The summed E-state index contributed by atoms with van der Waals surface area (Å²) in [5, 5.41) is 21.6. The molecule has 2 rings (SSSR count). The number of nitrogens with one attached hydrogen (secondary N) is 1. The van der Waals surface area contributed by atoms with Gasteiger partial charge in [-0.2, -0.15) is 10.5 Å². The molecule has 0 aromatic heterocycles. The lowest BCUT2D eigenvalue weighted by Crippen LogP contribution is -2.10. The van der Waals surface area contributed by atoms with Crippen LogP contribution in [-0.2, 0) is 0 Å². The van der Waals surface area contributed by atoms with E-state index in [2.05, 4.69) is 17.5 Å². The van der Waals surface area contributed by atoms with Crippen LogP contribution < -0.4 is 10.2 Å². The van der Waals surface area contributed by atoms with Gasteiger partial charge >= 0.3 is 0 Å². The lowest BCUT2D eigenvalue weighted by molar-refractivity contribution is 1.11. The van der Waals surface area contributed by atoms with Crippen molar-refractivity contribution in [3.8, 4) is 12.1 Å². The van der Waals surface area contributed by atoms with Crippen molar-refractivity contribution in [1.29, 1.82) is 10.5 Å². The number of para-hydroxylation sites is 1. The molecule has 0 atom stereocenters. The Morgan fingerprint density at radius 2 is 1.62 bits per heavy atom. The zero-order valence-corrected chi connectivity index (χ0v) is 12.3. The predicted octanol–water partition coefficient (Wildman–Crippen LogP) is 3.55. The molecule has 0 bridgehead atoms. The summed E-state index contributed by atoms with van der Waals surface area (Å²) in [6.45, 7) is 2.03. The first-order valence-corrected chi connectivity index (χ1v) is 6.55. The number of rotatable bonds is 3. The Bertz CT molecular complexity index is 716. The molecule has 1 N–H and O–H groups in total. The minimum absolute atomic E-state index is 0.461. The smallest absolute Gasteiger partial charge is 0.101 e. The van der Waals surface area contributed by atoms with Crippen molar-refractivity contribution in [3.05, 3.63) is 53.1 Å². The van der Waals surface area contributed by atoms with E-state index in [0.29, 0.717) is 16.8 Å². The second kappa shape index (κ2) is 5.98. The van der Waals surface area contributed by atoms with Crippen LogP contribution in [0.5, 0.6) is 0 Å². The maximum absolute atomic E-state index is 9.18. The first-order valence-electron chi connectivity index (χ1n) is 6.55. The summed E-state index contributed by atoms with van der Waals surface area (Å²) in [5.41, 5.74) is 4.59. The van der Waals surface area contributed by atoms with Crippen molar-refractivity contribution in [2.45, 2.75) is 6.92 Å². The number of nitriles is 2. The predicted molar refractivity (Wildman–Crippen MR) is 84.7 cm³/mol. The van der Waals surface area contributed by atoms with E-state index >= 15 is 0 Å². The monoisotopic (exact) mass is 276 g/mol. The highest BCUT2D eigenvalue weighted by atomic mass is 15.1. The summed E-state index contributed by atoms with van der Waals surface area (Å²) in [4.78, 5) is 2.04. The third-order valence-corrected chi connectivity index (χ3v) is 3.25. The van der Waals surface area contributed by atoms with Crippen LogP contribution in [-0.4, -0.2) is 14.1 Å². The van der Waals surface area contributed by atoms with Gasteiger partial charge in [-0.1, -0.05) is 6.07 Å². The summed E-state index contributed by atoms with van der Waals surface area (Å²) in [7, 11) is 3.99. The molecule has 2 aromatic carbocycles. The summed E-state index contributed by atoms with van der Waals surface area (Å²) in [5.74, 6) is 0. The van der Waals surface area contributed by atoms with E-state index in [4.69, 9.17) is 0 Å². The molecule has 0 spiro atoms. The Morgan fingerprint density at radius 1 is 1.00 bits per heavy atom. The SMILES string of the molecule is Cc1cc(Nc2c(C#N)cccc2C#N)ccc1N(C)C. The first kappa shape index (κ1) is 14.4. The average Bonchev–Trinajstić information content (AvgIpc) is 2.47. The molecule has 0 amide bonds. The van der Waals surface area contributed by atoms with Gasteiger partial charge in [-0.05, 0) is 42.8 Å². The number of anilines is 3. The maximum atomic E-state index is 9.18. The highest BCUT2D eigenvalue weighted by molar-refractivity contribution is 5.74. The van der Waals surface area contributed by atoms with Gasteiger partial charge < -0.3 is 10.2 Å². The third kappa shape index (κ3) is 2.96. The molecule has 4 heteroatoms. The Hall–Kier alpha value is -2.98. The van der Waals surface area contributed by atoms with Gasteiger partial charge in [0, 0.05) is 25.5 Å². The second-order valence-corrected chi connectivity index (χ2v) is 4.97. The molecule has 4 nitrogen and oxygen atoms in total. The molecule has 0 saturated heterocycles. The molecule has 0 saturated carbocycles. The van der Waals surface area contributed by atoms with Gasteiger partial charge in [0.15, 0.2) is 0 Å². The zero-order chi connectivity index (χ0) is 15.4. The lowest BCUT2D eigenvalue weighted by atomic mass is 10.1. The molecule has 0 aliphatic heterocycles. The fraction of sp³-hybridized carbons (Fsp3) is 0.176. The molecule has 0 heterocycles.